The van der Waals surface area contributed by atoms with Gasteiger partial charge in [-0.1, -0.05) is 6.92 Å². The molecule has 152 valence electrons. The topological polar surface area (TPSA) is 9.72 Å². The molecule has 0 atom stereocenters. The predicted octanol–water partition coefficient (Wildman–Crippen LogP) is 5.11. The standard InChI is InChI=1S/C22H49N3/c1-14-23(19(2,3)4)15-16-24(20(5,6)7)17-18-25(21(8,9)10)22(11,12)13/h14-18H2,1-13H3. The summed E-state index contributed by atoms with van der Waals surface area (Å²) in [5.41, 5.74) is 0.797. The van der Waals surface area contributed by atoms with Gasteiger partial charge in [-0.15, -0.1) is 0 Å². The molecule has 0 aliphatic carbocycles. The largest absolute Gasteiger partial charge is 0.297 e. The highest BCUT2D eigenvalue weighted by molar-refractivity contribution is 4.89. The fourth-order valence-electron chi connectivity index (χ4n) is 3.89. The minimum atomic E-state index is 0.183. The van der Waals surface area contributed by atoms with Gasteiger partial charge >= 0.3 is 0 Å². The molecular formula is C22H49N3. The zero-order valence-electron chi connectivity index (χ0n) is 19.9. The highest BCUT2D eigenvalue weighted by Crippen LogP contribution is 2.25. The third-order valence-electron chi connectivity index (χ3n) is 5.13. The molecule has 0 rings (SSSR count). The van der Waals surface area contributed by atoms with Crippen LogP contribution in [0.3, 0.4) is 0 Å². The zero-order chi connectivity index (χ0) is 20.3. The van der Waals surface area contributed by atoms with Crippen LogP contribution in [0.1, 0.15) is 90.0 Å². The van der Waals surface area contributed by atoms with Gasteiger partial charge in [0, 0.05) is 48.3 Å². The van der Waals surface area contributed by atoms with E-state index in [0.717, 1.165) is 32.7 Å². The van der Waals surface area contributed by atoms with Gasteiger partial charge in [-0.3, -0.25) is 14.7 Å². The summed E-state index contributed by atoms with van der Waals surface area (Å²) in [6.45, 7) is 35.8. The lowest BCUT2D eigenvalue weighted by Crippen LogP contribution is -2.57. The van der Waals surface area contributed by atoms with Gasteiger partial charge in [0.1, 0.15) is 0 Å². The molecule has 0 aliphatic heterocycles. The van der Waals surface area contributed by atoms with Gasteiger partial charge in [-0.2, -0.15) is 0 Å². The Morgan fingerprint density at radius 1 is 0.440 bits per heavy atom. The second-order valence-corrected chi connectivity index (χ2v) is 11.4. The molecule has 0 heterocycles. The van der Waals surface area contributed by atoms with Gasteiger partial charge in [0.2, 0.25) is 0 Å². The summed E-state index contributed by atoms with van der Waals surface area (Å²) < 4.78 is 0. The van der Waals surface area contributed by atoms with Gasteiger partial charge < -0.3 is 0 Å². The summed E-state index contributed by atoms with van der Waals surface area (Å²) in [6.07, 6.45) is 0. The van der Waals surface area contributed by atoms with Crippen LogP contribution in [0.5, 0.6) is 0 Å². The van der Waals surface area contributed by atoms with E-state index in [9.17, 15) is 0 Å². The maximum Gasteiger partial charge on any atom is 0.0130 e. The van der Waals surface area contributed by atoms with Gasteiger partial charge in [0.15, 0.2) is 0 Å². The molecule has 0 aromatic heterocycles. The van der Waals surface area contributed by atoms with Crippen LogP contribution >= 0.6 is 0 Å². The Morgan fingerprint density at radius 2 is 0.760 bits per heavy atom. The second kappa shape index (κ2) is 8.71. The minimum absolute atomic E-state index is 0.183. The van der Waals surface area contributed by atoms with E-state index in [4.69, 9.17) is 0 Å². The fraction of sp³-hybridized carbons (Fsp3) is 1.00. The van der Waals surface area contributed by atoms with Crippen LogP contribution in [-0.2, 0) is 0 Å². The fourth-order valence-corrected chi connectivity index (χ4v) is 3.89. The van der Waals surface area contributed by atoms with E-state index in [-0.39, 0.29) is 22.2 Å². The van der Waals surface area contributed by atoms with E-state index in [1.54, 1.807) is 0 Å². The van der Waals surface area contributed by atoms with Crippen molar-refractivity contribution in [2.24, 2.45) is 0 Å². The second-order valence-electron chi connectivity index (χ2n) is 11.4. The molecule has 0 unspecified atom stereocenters. The van der Waals surface area contributed by atoms with Crippen LogP contribution in [-0.4, -0.2) is 69.6 Å². The van der Waals surface area contributed by atoms with Crippen molar-refractivity contribution in [2.75, 3.05) is 32.7 Å². The number of nitrogens with zero attached hydrogens (tertiary/aromatic N) is 3. The summed E-state index contributed by atoms with van der Waals surface area (Å²) in [7, 11) is 0. The molecule has 0 aliphatic rings. The predicted molar refractivity (Wildman–Crippen MR) is 115 cm³/mol. The van der Waals surface area contributed by atoms with Gasteiger partial charge in [-0.05, 0) is 89.6 Å². The molecule has 3 nitrogen and oxygen atoms in total. The summed E-state index contributed by atoms with van der Waals surface area (Å²) in [4.78, 5) is 7.88. The number of rotatable bonds is 7. The average molecular weight is 356 g/mol. The number of hydrogen-bond donors (Lipinski definition) is 0. The van der Waals surface area contributed by atoms with Crippen LogP contribution in [0.2, 0.25) is 0 Å². The molecular weight excluding hydrogens is 306 g/mol. The summed E-state index contributed by atoms with van der Waals surface area (Å²) in [5.74, 6) is 0. The monoisotopic (exact) mass is 355 g/mol. The highest BCUT2D eigenvalue weighted by Gasteiger charge is 2.32. The number of likely N-dealkylation sites (N-methyl/N-ethyl adjacent to an activating group) is 1. The molecule has 0 amide bonds. The van der Waals surface area contributed by atoms with E-state index in [0.29, 0.717) is 0 Å². The van der Waals surface area contributed by atoms with Crippen LogP contribution < -0.4 is 0 Å². The number of hydrogen-bond acceptors (Lipinski definition) is 3. The van der Waals surface area contributed by atoms with Crippen molar-refractivity contribution in [1.82, 2.24) is 14.7 Å². The molecule has 0 bridgehead atoms. The Bertz CT molecular complexity index is 360. The molecule has 0 spiro atoms. The smallest absolute Gasteiger partial charge is 0.0130 e. The van der Waals surface area contributed by atoms with Crippen molar-refractivity contribution in [3.8, 4) is 0 Å². The lowest BCUT2D eigenvalue weighted by atomic mass is 9.95. The molecule has 0 aromatic rings. The van der Waals surface area contributed by atoms with Crippen molar-refractivity contribution in [1.29, 1.82) is 0 Å². The molecule has 3 heteroatoms. The summed E-state index contributed by atoms with van der Waals surface area (Å²) >= 11 is 0. The third kappa shape index (κ3) is 8.88. The summed E-state index contributed by atoms with van der Waals surface area (Å²) in [5, 5.41) is 0. The normalized spacial score (nSPS) is 14.9. The Labute approximate surface area is 160 Å². The first-order valence-corrected chi connectivity index (χ1v) is 10.2. The van der Waals surface area contributed by atoms with Gasteiger partial charge in [0.05, 0.1) is 0 Å². The van der Waals surface area contributed by atoms with Crippen molar-refractivity contribution >= 4 is 0 Å². The highest BCUT2D eigenvalue weighted by atomic mass is 15.3. The first kappa shape index (κ1) is 24.9. The zero-order valence-corrected chi connectivity index (χ0v) is 19.9. The Kier molecular flexibility index (Phi) is 8.67. The molecule has 0 saturated carbocycles. The molecule has 0 saturated heterocycles. The van der Waals surface area contributed by atoms with E-state index >= 15 is 0 Å². The van der Waals surface area contributed by atoms with Gasteiger partial charge in [0.25, 0.3) is 0 Å². The molecule has 25 heavy (non-hydrogen) atoms. The first-order chi connectivity index (χ1) is 10.9. The summed E-state index contributed by atoms with van der Waals surface area (Å²) in [6, 6.07) is 0. The maximum absolute atomic E-state index is 2.66. The molecule has 0 radical (unpaired) electrons. The quantitative estimate of drug-likeness (QED) is 0.628. The molecule has 0 aromatic carbocycles. The van der Waals surface area contributed by atoms with E-state index in [2.05, 4.69) is 105 Å². The van der Waals surface area contributed by atoms with Crippen molar-refractivity contribution in [3.63, 3.8) is 0 Å². The first-order valence-electron chi connectivity index (χ1n) is 10.2. The van der Waals surface area contributed by atoms with Crippen molar-refractivity contribution in [3.05, 3.63) is 0 Å². The Balaban J connectivity index is 5.08. The average Bonchev–Trinajstić information content (AvgIpc) is 2.30. The Morgan fingerprint density at radius 3 is 1.04 bits per heavy atom. The SMILES string of the molecule is CCN(CCN(CCN(C(C)(C)C)C(C)(C)C)C(C)(C)C)C(C)(C)C. The van der Waals surface area contributed by atoms with Crippen molar-refractivity contribution in [2.45, 2.75) is 112 Å². The van der Waals surface area contributed by atoms with Gasteiger partial charge in [-0.25, -0.2) is 0 Å². The third-order valence-corrected chi connectivity index (χ3v) is 5.13. The lowest BCUT2D eigenvalue weighted by Gasteiger charge is -2.47. The van der Waals surface area contributed by atoms with Crippen LogP contribution in [0.15, 0.2) is 0 Å². The van der Waals surface area contributed by atoms with E-state index in [1.165, 1.54) is 0 Å². The minimum Gasteiger partial charge on any atom is -0.297 e. The molecule has 0 fully saturated rings. The van der Waals surface area contributed by atoms with Crippen molar-refractivity contribution < 1.29 is 0 Å². The lowest BCUT2D eigenvalue weighted by molar-refractivity contribution is 0.0113. The Hall–Kier alpha value is -0.120. The van der Waals surface area contributed by atoms with Crippen LogP contribution in [0, 0.1) is 0 Å². The maximum atomic E-state index is 2.66. The van der Waals surface area contributed by atoms with Crippen LogP contribution in [0.4, 0.5) is 0 Å². The van der Waals surface area contributed by atoms with E-state index in [1.807, 2.05) is 0 Å². The van der Waals surface area contributed by atoms with E-state index < -0.39 is 0 Å². The molecule has 0 N–H and O–H groups in total. The van der Waals surface area contributed by atoms with Crippen LogP contribution in [0.25, 0.3) is 0 Å².